The van der Waals surface area contributed by atoms with E-state index in [1.54, 1.807) is 0 Å². The van der Waals surface area contributed by atoms with Gasteiger partial charge in [-0.1, -0.05) is 12.1 Å². The molecule has 1 unspecified atom stereocenters. The molecular formula is C18H21N5O2. The van der Waals surface area contributed by atoms with Gasteiger partial charge in [0.25, 0.3) is 0 Å². The highest BCUT2D eigenvalue weighted by Crippen LogP contribution is 2.27. The lowest BCUT2D eigenvalue weighted by molar-refractivity contribution is -0.130. The van der Waals surface area contributed by atoms with Crippen LogP contribution in [0, 0.1) is 5.92 Å². The van der Waals surface area contributed by atoms with Crippen molar-refractivity contribution in [2.75, 3.05) is 24.5 Å². The van der Waals surface area contributed by atoms with E-state index < -0.39 is 0 Å². The van der Waals surface area contributed by atoms with E-state index >= 15 is 0 Å². The average Bonchev–Trinajstić information content (AvgIpc) is 3.03. The normalized spacial score (nSPS) is 21.9. The molecule has 25 heavy (non-hydrogen) atoms. The molecule has 4 rings (SSSR count). The molecule has 2 aliphatic rings. The Bertz CT molecular complexity index is 816. The SMILES string of the molecule is NC(=O)C1CC(=O)N(C2CCN(c3cnc4ccccc4n3)CC2)C1. The third-order valence-electron chi connectivity index (χ3n) is 5.23. The van der Waals surface area contributed by atoms with Crippen molar-refractivity contribution in [3.8, 4) is 0 Å². The van der Waals surface area contributed by atoms with Crippen molar-refractivity contribution in [1.82, 2.24) is 14.9 Å². The zero-order chi connectivity index (χ0) is 17.4. The van der Waals surface area contributed by atoms with Gasteiger partial charge in [-0.25, -0.2) is 4.98 Å². The standard InChI is InChI=1S/C18H21N5O2/c19-18(25)12-9-17(24)23(11-12)13-5-7-22(8-6-13)16-10-20-14-3-1-2-4-15(14)21-16/h1-4,10,12-13H,5-9,11H2,(H2,19,25). The van der Waals surface area contributed by atoms with Gasteiger partial charge in [0.2, 0.25) is 11.8 Å². The molecule has 2 aliphatic heterocycles. The number of benzene rings is 1. The first kappa shape index (κ1) is 15.8. The Kier molecular flexibility index (Phi) is 3.99. The van der Waals surface area contributed by atoms with Crippen LogP contribution >= 0.6 is 0 Å². The predicted octanol–water partition coefficient (Wildman–Crippen LogP) is 0.932. The number of anilines is 1. The maximum Gasteiger partial charge on any atom is 0.223 e. The minimum atomic E-state index is -0.375. The Morgan fingerprint density at radius 3 is 2.56 bits per heavy atom. The number of rotatable bonds is 3. The third-order valence-corrected chi connectivity index (χ3v) is 5.23. The van der Waals surface area contributed by atoms with Gasteiger partial charge in [0.15, 0.2) is 0 Å². The fraction of sp³-hybridized carbons (Fsp3) is 0.444. The van der Waals surface area contributed by atoms with Crippen molar-refractivity contribution in [3.05, 3.63) is 30.5 Å². The summed E-state index contributed by atoms with van der Waals surface area (Å²) >= 11 is 0. The molecule has 2 fully saturated rings. The highest BCUT2D eigenvalue weighted by atomic mass is 16.2. The number of para-hydroxylation sites is 2. The lowest BCUT2D eigenvalue weighted by atomic mass is 10.0. The molecule has 3 heterocycles. The lowest BCUT2D eigenvalue weighted by Crippen LogP contribution is -2.46. The molecule has 7 heteroatoms. The number of fused-ring (bicyclic) bond motifs is 1. The van der Waals surface area contributed by atoms with Gasteiger partial charge < -0.3 is 15.5 Å². The molecule has 0 spiro atoms. The summed E-state index contributed by atoms with van der Waals surface area (Å²) in [6.07, 6.45) is 3.80. The van der Waals surface area contributed by atoms with Crippen LogP contribution in [0.4, 0.5) is 5.82 Å². The summed E-state index contributed by atoms with van der Waals surface area (Å²) in [4.78, 5) is 36.7. The number of nitrogens with two attached hydrogens (primary N) is 1. The minimum absolute atomic E-state index is 0.0488. The molecule has 2 saturated heterocycles. The summed E-state index contributed by atoms with van der Waals surface area (Å²) in [5, 5.41) is 0. The first-order valence-corrected chi connectivity index (χ1v) is 8.67. The number of amides is 2. The van der Waals surface area contributed by atoms with Gasteiger partial charge in [-0.3, -0.25) is 14.6 Å². The van der Waals surface area contributed by atoms with E-state index in [0.29, 0.717) is 6.54 Å². The quantitative estimate of drug-likeness (QED) is 0.898. The van der Waals surface area contributed by atoms with E-state index in [2.05, 4.69) is 9.88 Å². The number of primary amides is 1. The van der Waals surface area contributed by atoms with Crippen molar-refractivity contribution < 1.29 is 9.59 Å². The molecule has 2 N–H and O–H groups in total. The van der Waals surface area contributed by atoms with Gasteiger partial charge in [0, 0.05) is 32.1 Å². The Hall–Kier alpha value is -2.70. The molecule has 130 valence electrons. The average molecular weight is 339 g/mol. The summed E-state index contributed by atoms with van der Waals surface area (Å²) in [5.41, 5.74) is 7.13. The topological polar surface area (TPSA) is 92.4 Å². The fourth-order valence-corrected chi connectivity index (χ4v) is 3.78. The van der Waals surface area contributed by atoms with Crippen molar-refractivity contribution in [2.45, 2.75) is 25.3 Å². The number of likely N-dealkylation sites (tertiary alicyclic amines) is 1. The molecule has 0 saturated carbocycles. The minimum Gasteiger partial charge on any atom is -0.369 e. The number of hydrogen-bond acceptors (Lipinski definition) is 5. The van der Waals surface area contributed by atoms with Crippen LogP contribution in [0.5, 0.6) is 0 Å². The van der Waals surface area contributed by atoms with Crippen LogP contribution in [0.1, 0.15) is 19.3 Å². The van der Waals surface area contributed by atoms with Crippen LogP contribution in [0.15, 0.2) is 30.5 Å². The zero-order valence-corrected chi connectivity index (χ0v) is 14.0. The second-order valence-electron chi connectivity index (χ2n) is 6.78. The Morgan fingerprint density at radius 2 is 1.88 bits per heavy atom. The van der Waals surface area contributed by atoms with Crippen LogP contribution in [0.25, 0.3) is 11.0 Å². The maximum atomic E-state index is 12.2. The first-order chi connectivity index (χ1) is 12.1. The zero-order valence-electron chi connectivity index (χ0n) is 14.0. The molecule has 1 aromatic heterocycles. The van der Waals surface area contributed by atoms with Crippen LogP contribution in [0.3, 0.4) is 0 Å². The smallest absolute Gasteiger partial charge is 0.223 e. The first-order valence-electron chi connectivity index (χ1n) is 8.67. The second-order valence-corrected chi connectivity index (χ2v) is 6.78. The number of carbonyl (C=O) groups is 2. The summed E-state index contributed by atoms with van der Waals surface area (Å²) in [5.74, 6) is 0.212. The highest BCUT2D eigenvalue weighted by molar-refractivity contribution is 5.88. The van der Waals surface area contributed by atoms with Gasteiger partial charge in [-0.05, 0) is 25.0 Å². The number of carbonyl (C=O) groups excluding carboxylic acids is 2. The molecular weight excluding hydrogens is 318 g/mol. The number of aromatic nitrogens is 2. The Morgan fingerprint density at radius 1 is 1.16 bits per heavy atom. The van der Waals surface area contributed by atoms with Crippen LogP contribution in [-0.4, -0.2) is 52.4 Å². The summed E-state index contributed by atoms with van der Waals surface area (Å²) in [7, 11) is 0. The van der Waals surface area contributed by atoms with Crippen molar-refractivity contribution in [3.63, 3.8) is 0 Å². The molecule has 0 aliphatic carbocycles. The van der Waals surface area contributed by atoms with Gasteiger partial charge >= 0.3 is 0 Å². The largest absolute Gasteiger partial charge is 0.369 e. The van der Waals surface area contributed by atoms with E-state index in [1.807, 2.05) is 35.4 Å². The maximum absolute atomic E-state index is 12.2. The van der Waals surface area contributed by atoms with Gasteiger partial charge in [0.1, 0.15) is 5.82 Å². The summed E-state index contributed by atoms with van der Waals surface area (Å²) in [6, 6.07) is 8.01. The fourth-order valence-electron chi connectivity index (χ4n) is 3.78. The molecule has 1 atom stereocenters. The molecule has 1 aromatic carbocycles. The highest BCUT2D eigenvalue weighted by Gasteiger charge is 2.38. The Labute approximate surface area is 145 Å². The van der Waals surface area contributed by atoms with Crippen molar-refractivity contribution in [2.24, 2.45) is 11.7 Å². The molecule has 2 amide bonds. The van der Waals surface area contributed by atoms with E-state index in [-0.39, 0.29) is 30.2 Å². The summed E-state index contributed by atoms with van der Waals surface area (Å²) in [6.45, 7) is 2.11. The van der Waals surface area contributed by atoms with Gasteiger partial charge in [-0.2, -0.15) is 0 Å². The molecule has 0 radical (unpaired) electrons. The monoisotopic (exact) mass is 339 g/mol. The van der Waals surface area contributed by atoms with Crippen LogP contribution in [-0.2, 0) is 9.59 Å². The number of hydrogen-bond donors (Lipinski definition) is 1. The van der Waals surface area contributed by atoms with Crippen molar-refractivity contribution in [1.29, 1.82) is 0 Å². The molecule has 2 aromatic rings. The number of nitrogens with zero attached hydrogens (tertiary/aromatic N) is 4. The van der Waals surface area contributed by atoms with E-state index in [4.69, 9.17) is 10.7 Å². The van der Waals surface area contributed by atoms with Gasteiger partial charge in [-0.15, -0.1) is 0 Å². The third kappa shape index (κ3) is 3.01. The Balaban J connectivity index is 1.42. The number of piperidine rings is 1. The predicted molar refractivity (Wildman–Crippen MR) is 93.8 cm³/mol. The molecule has 7 nitrogen and oxygen atoms in total. The second kappa shape index (κ2) is 6.31. The van der Waals surface area contributed by atoms with Crippen molar-refractivity contribution >= 4 is 28.7 Å². The van der Waals surface area contributed by atoms with E-state index in [1.165, 1.54) is 0 Å². The van der Waals surface area contributed by atoms with Gasteiger partial charge in [0.05, 0.1) is 23.1 Å². The summed E-state index contributed by atoms with van der Waals surface area (Å²) < 4.78 is 0. The van der Waals surface area contributed by atoms with Crippen LogP contribution in [0.2, 0.25) is 0 Å². The van der Waals surface area contributed by atoms with E-state index in [9.17, 15) is 9.59 Å². The van der Waals surface area contributed by atoms with Crippen LogP contribution < -0.4 is 10.6 Å². The lowest BCUT2D eigenvalue weighted by Gasteiger charge is -2.37. The molecule has 0 bridgehead atoms. The van der Waals surface area contributed by atoms with E-state index in [0.717, 1.165) is 42.8 Å².